The second kappa shape index (κ2) is 6.11. The average molecular weight is 208 g/mol. The Hall–Kier alpha value is 0.430. The number of hydrogen-bond donors (Lipinski definition) is 1. The molecule has 0 aromatic carbocycles. The van der Waals surface area contributed by atoms with Gasteiger partial charge < -0.3 is 15.0 Å². The summed E-state index contributed by atoms with van der Waals surface area (Å²) in [6.07, 6.45) is 4.13. The maximum Gasteiger partial charge on any atom is 1.00 e. The minimum absolute atomic E-state index is 0. The molecule has 1 atom stereocenters. The number of hydrogen-bond acceptors (Lipinski definition) is 3. The zero-order chi connectivity index (χ0) is 9.90. The third-order valence-corrected chi connectivity index (χ3v) is 2.93. The van der Waals surface area contributed by atoms with E-state index in [2.05, 4.69) is 0 Å². The maximum atomic E-state index is 11.0. The predicted molar refractivity (Wildman–Crippen MR) is 46.8 cm³/mol. The van der Waals surface area contributed by atoms with Crippen LogP contribution in [0.2, 0.25) is 0 Å². The Bertz CT molecular complexity index is 186. The molecular formula is C10H17NaO3. The average Bonchev–Trinajstić information content (AvgIpc) is 2.04. The molecular weight excluding hydrogens is 191 g/mol. The van der Waals surface area contributed by atoms with Crippen LogP contribution in [0.15, 0.2) is 0 Å². The van der Waals surface area contributed by atoms with Gasteiger partial charge in [-0.25, -0.2) is 0 Å². The molecule has 0 heterocycles. The zero-order valence-electron chi connectivity index (χ0n) is 9.08. The Kier molecular flexibility index (Phi) is 6.30. The van der Waals surface area contributed by atoms with Crippen LogP contribution in [0.25, 0.3) is 0 Å². The Balaban J connectivity index is 0.00000169. The SMILES string of the molecule is CC(O)CC1(C(=O)[O-])CCCCC1.[Na+]. The molecule has 0 aliphatic heterocycles. The van der Waals surface area contributed by atoms with Crippen LogP contribution in [-0.4, -0.2) is 17.2 Å². The van der Waals surface area contributed by atoms with Crippen LogP contribution >= 0.6 is 0 Å². The molecule has 1 saturated carbocycles. The number of carboxylic acids is 1. The summed E-state index contributed by atoms with van der Waals surface area (Å²) in [5.74, 6) is -0.979. The van der Waals surface area contributed by atoms with Crippen LogP contribution < -0.4 is 34.7 Å². The quantitative estimate of drug-likeness (QED) is 0.520. The van der Waals surface area contributed by atoms with Gasteiger partial charge in [0, 0.05) is 11.4 Å². The van der Waals surface area contributed by atoms with E-state index in [1.54, 1.807) is 6.92 Å². The third-order valence-electron chi connectivity index (χ3n) is 2.93. The van der Waals surface area contributed by atoms with Crippen LogP contribution in [0.3, 0.4) is 0 Å². The van der Waals surface area contributed by atoms with E-state index >= 15 is 0 Å². The van der Waals surface area contributed by atoms with Crippen molar-refractivity contribution in [2.24, 2.45) is 5.41 Å². The smallest absolute Gasteiger partial charge is 0.550 e. The van der Waals surface area contributed by atoms with Crippen molar-refractivity contribution in [2.45, 2.75) is 51.6 Å². The first-order valence-electron chi connectivity index (χ1n) is 4.96. The van der Waals surface area contributed by atoms with E-state index in [9.17, 15) is 15.0 Å². The number of carboxylic acid groups (broad SMARTS) is 1. The fourth-order valence-electron chi connectivity index (χ4n) is 2.29. The fraction of sp³-hybridized carbons (Fsp3) is 0.900. The molecule has 0 radical (unpaired) electrons. The summed E-state index contributed by atoms with van der Waals surface area (Å²) in [7, 11) is 0. The van der Waals surface area contributed by atoms with Crippen molar-refractivity contribution in [3.05, 3.63) is 0 Å². The van der Waals surface area contributed by atoms with Crippen molar-refractivity contribution in [3.8, 4) is 0 Å². The molecule has 0 saturated heterocycles. The summed E-state index contributed by atoms with van der Waals surface area (Å²) in [5.41, 5.74) is -0.744. The Morgan fingerprint density at radius 3 is 2.29 bits per heavy atom. The van der Waals surface area contributed by atoms with Gasteiger partial charge in [-0.1, -0.05) is 19.3 Å². The number of rotatable bonds is 3. The van der Waals surface area contributed by atoms with E-state index in [1.807, 2.05) is 0 Å². The molecule has 1 fully saturated rings. The van der Waals surface area contributed by atoms with E-state index < -0.39 is 17.5 Å². The Morgan fingerprint density at radius 2 is 1.93 bits per heavy atom. The fourth-order valence-corrected chi connectivity index (χ4v) is 2.29. The minimum atomic E-state index is -0.979. The van der Waals surface area contributed by atoms with Gasteiger partial charge >= 0.3 is 29.6 Å². The van der Waals surface area contributed by atoms with Gasteiger partial charge in [0.25, 0.3) is 0 Å². The van der Waals surface area contributed by atoms with Gasteiger partial charge in [-0.2, -0.15) is 0 Å². The topological polar surface area (TPSA) is 60.4 Å². The molecule has 1 N–H and O–H groups in total. The molecule has 4 heteroatoms. The summed E-state index contributed by atoms with van der Waals surface area (Å²) >= 11 is 0. The molecule has 0 spiro atoms. The van der Waals surface area contributed by atoms with Crippen LogP contribution in [0.5, 0.6) is 0 Å². The van der Waals surface area contributed by atoms with Crippen LogP contribution in [0.1, 0.15) is 45.4 Å². The van der Waals surface area contributed by atoms with Crippen molar-refractivity contribution in [3.63, 3.8) is 0 Å². The molecule has 3 nitrogen and oxygen atoms in total. The molecule has 0 amide bonds. The van der Waals surface area contributed by atoms with Crippen molar-refractivity contribution in [1.82, 2.24) is 0 Å². The van der Waals surface area contributed by atoms with E-state index in [0.29, 0.717) is 19.3 Å². The molecule has 0 bridgehead atoms. The van der Waals surface area contributed by atoms with Gasteiger partial charge in [-0.3, -0.25) is 0 Å². The number of aliphatic hydroxyl groups excluding tert-OH is 1. The molecule has 0 aromatic heterocycles. The van der Waals surface area contributed by atoms with Crippen LogP contribution in [0, 0.1) is 5.41 Å². The first-order chi connectivity index (χ1) is 6.07. The van der Waals surface area contributed by atoms with Gasteiger partial charge in [0.1, 0.15) is 0 Å². The molecule has 14 heavy (non-hydrogen) atoms. The van der Waals surface area contributed by atoms with Gasteiger partial charge in [0.2, 0.25) is 0 Å². The molecule has 0 aromatic rings. The van der Waals surface area contributed by atoms with Gasteiger partial charge in [0.15, 0.2) is 0 Å². The monoisotopic (exact) mass is 208 g/mol. The summed E-state index contributed by atoms with van der Waals surface area (Å²) in [5, 5.41) is 20.2. The summed E-state index contributed by atoms with van der Waals surface area (Å²) in [6, 6.07) is 0. The third kappa shape index (κ3) is 3.54. The van der Waals surface area contributed by atoms with E-state index in [4.69, 9.17) is 0 Å². The summed E-state index contributed by atoms with van der Waals surface area (Å²) < 4.78 is 0. The Morgan fingerprint density at radius 1 is 1.43 bits per heavy atom. The van der Waals surface area contributed by atoms with E-state index in [0.717, 1.165) is 19.3 Å². The van der Waals surface area contributed by atoms with E-state index in [-0.39, 0.29) is 29.6 Å². The van der Waals surface area contributed by atoms with Gasteiger partial charge in [-0.15, -0.1) is 0 Å². The van der Waals surface area contributed by atoms with Gasteiger partial charge in [0.05, 0.1) is 6.10 Å². The molecule has 1 rings (SSSR count). The molecule has 1 aliphatic rings. The Labute approximate surface area is 107 Å². The van der Waals surface area contributed by atoms with Crippen molar-refractivity contribution in [1.29, 1.82) is 0 Å². The van der Waals surface area contributed by atoms with Gasteiger partial charge in [-0.05, 0) is 26.2 Å². The first kappa shape index (κ1) is 14.4. The van der Waals surface area contributed by atoms with Crippen LogP contribution in [-0.2, 0) is 4.79 Å². The molecule has 76 valence electrons. The summed E-state index contributed by atoms with van der Waals surface area (Å²) in [6.45, 7) is 1.64. The largest absolute Gasteiger partial charge is 1.00 e. The zero-order valence-corrected chi connectivity index (χ0v) is 11.1. The van der Waals surface area contributed by atoms with Crippen molar-refractivity contribution < 1.29 is 44.6 Å². The van der Waals surface area contributed by atoms with Crippen molar-refractivity contribution >= 4 is 5.97 Å². The predicted octanol–water partition coefficient (Wildman–Crippen LogP) is -2.54. The number of carbonyl (C=O) groups excluding carboxylic acids is 1. The first-order valence-corrected chi connectivity index (χ1v) is 4.96. The molecule has 1 aliphatic carbocycles. The second-order valence-electron chi connectivity index (χ2n) is 4.18. The van der Waals surface area contributed by atoms with Crippen molar-refractivity contribution in [2.75, 3.05) is 0 Å². The second-order valence-corrected chi connectivity index (χ2v) is 4.18. The van der Waals surface area contributed by atoms with Crippen LogP contribution in [0.4, 0.5) is 0 Å². The van der Waals surface area contributed by atoms with E-state index in [1.165, 1.54) is 0 Å². The number of aliphatic carboxylic acids is 1. The normalized spacial score (nSPS) is 22.1. The number of aliphatic hydroxyl groups is 1. The molecule has 1 unspecified atom stereocenters. The number of carbonyl (C=O) groups is 1. The summed E-state index contributed by atoms with van der Waals surface area (Å²) in [4.78, 5) is 11.0. The maximum absolute atomic E-state index is 11.0. The minimum Gasteiger partial charge on any atom is -0.550 e. The standard InChI is InChI=1S/C10H18O3.Na/c1-8(11)7-10(9(12)13)5-3-2-4-6-10;/h8,11H,2-7H2,1H3,(H,12,13);/q;+1/p-1.